The van der Waals surface area contributed by atoms with Crippen LogP contribution in [0.5, 0.6) is 0 Å². The predicted molar refractivity (Wildman–Crippen MR) is 67.4 cm³/mol. The lowest BCUT2D eigenvalue weighted by molar-refractivity contribution is -0.141. The minimum Gasteiger partial charge on any atom is -0.395 e. The lowest BCUT2D eigenvalue weighted by Crippen LogP contribution is -2.40. The molecule has 0 saturated heterocycles. The molecule has 1 heterocycles. The Morgan fingerprint density at radius 3 is 2.75 bits per heavy atom. The van der Waals surface area contributed by atoms with Gasteiger partial charge in [0.1, 0.15) is 12.4 Å². The fourth-order valence-electron chi connectivity index (χ4n) is 1.61. The van der Waals surface area contributed by atoms with Crippen LogP contribution in [0.1, 0.15) is 17.3 Å². The maximum absolute atomic E-state index is 12.4. The quantitative estimate of drug-likeness (QED) is 0.834. The zero-order valence-corrected chi connectivity index (χ0v) is 10.9. The summed E-state index contributed by atoms with van der Waals surface area (Å²) < 4.78 is 37.2. The first kappa shape index (κ1) is 16.2. The molecule has 1 rings (SSSR count). The van der Waals surface area contributed by atoms with E-state index in [4.69, 9.17) is 5.11 Å². The van der Waals surface area contributed by atoms with E-state index in [1.807, 2.05) is 6.92 Å². The molecular weight excluding hydrogens is 275 g/mol. The fourth-order valence-corrected chi connectivity index (χ4v) is 1.61. The molecule has 0 fully saturated rings. The van der Waals surface area contributed by atoms with Crippen LogP contribution in [-0.2, 0) is 0 Å². The maximum atomic E-state index is 12.4. The summed E-state index contributed by atoms with van der Waals surface area (Å²) in [5.74, 6) is -0.382. The first-order chi connectivity index (χ1) is 9.37. The molecule has 0 aromatic carbocycles. The highest BCUT2D eigenvalue weighted by atomic mass is 19.4. The fraction of sp³-hybridized carbons (Fsp3) is 0.500. The molecule has 0 radical (unpaired) electrons. The normalized spacial score (nSPS) is 11.2. The summed E-state index contributed by atoms with van der Waals surface area (Å²) in [6.07, 6.45) is -3.17. The highest BCUT2D eigenvalue weighted by molar-refractivity contribution is 5.94. The Kier molecular flexibility index (Phi) is 5.75. The van der Waals surface area contributed by atoms with Gasteiger partial charge in [0.2, 0.25) is 0 Å². The molecule has 0 aliphatic carbocycles. The molecule has 0 aliphatic rings. The van der Waals surface area contributed by atoms with Crippen LogP contribution >= 0.6 is 0 Å². The van der Waals surface area contributed by atoms with E-state index < -0.39 is 25.2 Å². The van der Waals surface area contributed by atoms with Crippen molar-refractivity contribution in [2.24, 2.45) is 0 Å². The standard InChI is InChI=1S/C12H16F3N3O2/c1-2-16-10-7-9(3-4-17-10)11(20)18(5-6-19)8-12(13,14)15/h3-4,7,19H,2,5-6,8H2,1H3,(H,16,17). The zero-order chi connectivity index (χ0) is 15.2. The number of nitrogens with one attached hydrogen (secondary N) is 1. The number of rotatable bonds is 6. The summed E-state index contributed by atoms with van der Waals surface area (Å²) in [7, 11) is 0. The number of carbonyl (C=O) groups excluding carboxylic acids is 1. The number of aromatic nitrogens is 1. The first-order valence-corrected chi connectivity index (χ1v) is 6.04. The van der Waals surface area contributed by atoms with Crippen molar-refractivity contribution in [2.45, 2.75) is 13.1 Å². The first-order valence-electron chi connectivity index (χ1n) is 6.04. The average Bonchev–Trinajstić information content (AvgIpc) is 2.36. The lowest BCUT2D eigenvalue weighted by atomic mass is 10.2. The average molecular weight is 291 g/mol. The summed E-state index contributed by atoms with van der Waals surface area (Å²) in [5, 5.41) is 11.7. The molecule has 5 nitrogen and oxygen atoms in total. The Balaban J connectivity index is 2.91. The van der Waals surface area contributed by atoms with Gasteiger partial charge in [-0.1, -0.05) is 0 Å². The van der Waals surface area contributed by atoms with Crippen molar-refractivity contribution in [3.63, 3.8) is 0 Å². The molecule has 0 aliphatic heterocycles. The number of carbonyl (C=O) groups is 1. The molecule has 2 N–H and O–H groups in total. The Labute approximate surface area is 114 Å². The van der Waals surface area contributed by atoms with Gasteiger partial charge in [0, 0.05) is 24.8 Å². The number of pyridine rings is 1. The topological polar surface area (TPSA) is 65.5 Å². The van der Waals surface area contributed by atoms with E-state index in [1.54, 1.807) is 0 Å². The van der Waals surface area contributed by atoms with E-state index in [0.717, 1.165) is 0 Å². The van der Waals surface area contributed by atoms with Gasteiger partial charge < -0.3 is 15.3 Å². The summed E-state index contributed by atoms with van der Waals surface area (Å²) in [5.41, 5.74) is 0.0913. The molecule has 0 saturated carbocycles. The van der Waals surface area contributed by atoms with Gasteiger partial charge in [-0.25, -0.2) is 4.98 Å². The van der Waals surface area contributed by atoms with Gasteiger partial charge in [-0.15, -0.1) is 0 Å². The molecule has 0 atom stereocenters. The van der Waals surface area contributed by atoms with Gasteiger partial charge in [-0.05, 0) is 19.1 Å². The van der Waals surface area contributed by atoms with Crippen LogP contribution in [0.25, 0.3) is 0 Å². The minimum atomic E-state index is -4.51. The largest absolute Gasteiger partial charge is 0.406 e. The van der Waals surface area contributed by atoms with Crippen molar-refractivity contribution in [1.29, 1.82) is 0 Å². The smallest absolute Gasteiger partial charge is 0.395 e. The van der Waals surface area contributed by atoms with E-state index in [9.17, 15) is 18.0 Å². The second-order valence-corrected chi connectivity index (χ2v) is 4.03. The molecule has 0 unspecified atom stereocenters. The molecule has 20 heavy (non-hydrogen) atoms. The Bertz CT molecular complexity index is 452. The summed E-state index contributed by atoms with van der Waals surface area (Å²) in [6.45, 7) is 0.0981. The molecule has 8 heteroatoms. The van der Waals surface area contributed by atoms with Crippen LogP contribution in [0.15, 0.2) is 18.3 Å². The van der Waals surface area contributed by atoms with E-state index >= 15 is 0 Å². The van der Waals surface area contributed by atoms with Crippen molar-refractivity contribution in [2.75, 3.05) is 31.6 Å². The number of nitrogens with zero attached hydrogens (tertiary/aromatic N) is 2. The highest BCUT2D eigenvalue weighted by Gasteiger charge is 2.33. The second-order valence-electron chi connectivity index (χ2n) is 4.03. The molecular formula is C12H16F3N3O2. The number of halogens is 3. The maximum Gasteiger partial charge on any atom is 0.406 e. The number of aliphatic hydroxyl groups is 1. The van der Waals surface area contributed by atoms with E-state index in [0.29, 0.717) is 17.3 Å². The molecule has 0 bridgehead atoms. The van der Waals surface area contributed by atoms with E-state index in [2.05, 4.69) is 10.3 Å². The minimum absolute atomic E-state index is 0.0913. The monoisotopic (exact) mass is 291 g/mol. The number of aliphatic hydroxyl groups excluding tert-OH is 1. The van der Waals surface area contributed by atoms with E-state index in [-0.39, 0.29) is 12.1 Å². The van der Waals surface area contributed by atoms with Crippen LogP contribution in [0.3, 0.4) is 0 Å². The van der Waals surface area contributed by atoms with Gasteiger partial charge in [-0.3, -0.25) is 4.79 Å². The van der Waals surface area contributed by atoms with Crippen LogP contribution in [-0.4, -0.2) is 53.3 Å². The third-order valence-corrected chi connectivity index (χ3v) is 2.39. The number of alkyl halides is 3. The van der Waals surface area contributed by atoms with Gasteiger partial charge in [0.15, 0.2) is 0 Å². The zero-order valence-electron chi connectivity index (χ0n) is 10.9. The third-order valence-electron chi connectivity index (χ3n) is 2.39. The number of anilines is 1. The van der Waals surface area contributed by atoms with Crippen LogP contribution < -0.4 is 5.32 Å². The molecule has 1 amide bonds. The van der Waals surface area contributed by atoms with Crippen molar-refractivity contribution in [3.8, 4) is 0 Å². The second kappa shape index (κ2) is 7.09. The summed E-state index contributed by atoms with van der Waals surface area (Å²) in [6, 6.07) is 2.72. The van der Waals surface area contributed by atoms with Crippen molar-refractivity contribution in [1.82, 2.24) is 9.88 Å². The number of hydrogen-bond donors (Lipinski definition) is 2. The van der Waals surface area contributed by atoms with Crippen LogP contribution in [0.4, 0.5) is 19.0 Å². The summed E-state index contributed by atoms with van der Waals surface area (Å²) in [4.78, 5) is 16.5. The number of hydrogen-bond acceptors (Lipinski definition) is 4. The van der Waals surface area contributed by atoms with Gasteiger partial charge in [-0.2, -0.15) is 13.2 Å². The van der Waals surface area contributed by atoms with E-state index in [1.165, 1.54) is 18.3 Å². The van der Waals surface area contributed by atoms with Gasteiger partial charge >= 0.3 is 6.18 Å². The molecule has 1 aromatic heterocycles. The highest BCUT2D eigenvalue weighted by Crippen LogP contribution is 2.18. The third kappa shape index (κ3) is 5.04. The summed E-state index contributed by atoms with van der Waals surface area (Å²) >= 11 is 0. The van der Waals surface area contributed by atoms with Gasteiger partial charge in [0.05, 0.1) is 6.61 Å². The van der Waals surface area contributed by atoms with Crippen LogP contribution in [0.2, 0.25) is 0 Å². The molecule has 112 valence electrons. The number of amides is 1. The van der Waals surface area contributed by atoms with Crippen molar-refractivity contribution in [3.05, 3.63) is 23.9 Å². The Morgan fingerprint density at radius 1 is 1.50 bits per heavy atom. The van der Waals surface area contributed by atoms with Crippen molar-refractivity contribution >= 4 is 11.7 Å². The molecule has 0 spiro atoms. The Morgan fingerprint density at radius 2 is 2.20 bits per heavy atom. The van der Waals surface area contributed by atoms with Crippen LogP contribution in [0, 0.1) is 0 Å². The SMILES string of the molecule is CCNc1cc(C(=O)N(CCO)CC(F)(F)F)ccn1. The predicted octanol–water partition coefficient (Wildman–Crippen LogP) is 1.51. The van der Waals surface area contributed by atoms with Crippen molar-refractivity contribution < 1.29 is 23.1 Å². The molecule has 1 aromatic rings. The van der Waals surface area contributed by atoms with Gasteiger partial charge in [0.25, 0.3) is 5.91 Å². The Hall–Kier alpha value is -1.83. The lowest BCUT2D eigenvalue weighted by Gasteiger charge is -2.23.